The van der Waals surface area contributed by atoms with Crippen LogP contribution in [-0.4, -0.2) is 26.8 Å². The van der Waals surface area contributed by atoms with Gasteiger partial charge in [0.2, 0.25) is 6.79 Å². The predicted octanol–water partition coefficient (Wildman–Crippen LogP) is 4.09. The minimum Gasteiger partial charge on any atom is -0.454 e. The van der Waals surface area contributed by atoms with Gasteiger partial charge in [0.15, 0.2) is 11.5 Å². The number of ether oxygens (including phenoxy) is 2. The summed E-state index contributed by atoms with van der Waals surface area (Å²) in [5, 5.41) is 11.5. The number of hydrogen-bond acceptors (Lipinski definition) is 6. The van der Waals surface area contributed by atoms with Gasteiger partial charge in [-0.15, -0.1) is 16.4 Å². The number of fused-ring (bicyclic) bond motifs is 1. The van der Waals surface area contributed by atoms with Gasteiger partial charge in [0.25, 0.3) is 0 Å². The Labute approximate surface area is 153 Å². The number of nitrogens with zero attached hydrogens (tertiary/aromatic N) is 4. The molecule has 2 aromatic carbocycles. The van der Waals surface area contributed by atoms with Crippen molar-refractivity contribution in [3.8, 4) is 39.1 Å². The van der Waals surface area contributed by atoms with Crippen LogP contribution in [0.15, 0.2) is 53.9 Å². The van der Waals surface area contributed by atoms with Gasteiger partial charge < -0.3 is 9.47 Å². The average Bonchev–Trinajstić information content (AvgIpc) is 3.41. The minimum atomic E-state index is 0.267. The zero-order valence-corrected chi connectivity index (χ0v) is 14.7. The molecule has 0 bridgehead atoms. The molecule has 0 N–H and O–H groups in total. The van der Waals surface area contributed by atoms with Crippen molar-refractivity contribution in [3.05, 3.63) is 59.6 Å². The monoisotopic (exact) mass is 362 g/mol. The summed E-state index contributed by atoms with van der Waals surface area (Å²) < 4.78 is 12.6. The second-order valence-corrected chi connectivity index (χ2v) is 6.73. The molecule has 0 radical (unpaired) electrons. The van der Waals surface area contributed by atoms with E-state index in [4.69, 9.17) is 14.5 Å². The molecule has 0 aliphatic carbocycles. The summed E-state index contributed by atoms with van der Waals surface area (Å²) in [7, 11) is 0. The highest BCUT2D eigenvalue weighted by atomic mass is 32.1. The van der Waals surface area contributed by atoms with Crippen molar-refractivity contribution in [2.45, 2.75) is 6.92 Å². The van der Waals surface area contributed by atoms with E-state index < -0.39 is 0 Å². The fourth-order valence-electron chi connectivity index (χ4n) is 2.91. The number of rotatable bonds is 3. The van der Waals surface area contributed by atoms with Crippen LogP contribution in [-0.2, 0) is 0 Å². The molecule has 0 atom stereocenters. The van der Waals surface area contributed by atoms with Crippen LogP contribution in [0.4, 0.5) is 0 Å². The molecule has 0 fully saturated rings. The van der Waals surface area contributed by atoms with Gasteiger partial charge in [0.05, 0.1) is 17.1 Å². The molecule has 2 aromatic heterocycles. The third-order valence-electron chi connectivity index (χ3n) is 4.27. The summed E-state index contributed by atoms with van der Waals surface area (Å²) in [6.07, 6.45) is 0. The number of benzene rings is 2. The van der Waals surface area contributed by atoms with Crippen molar-refractivity contribution in [3.63, 3.8) is 0 Å². The Balaban J connectivity index is 1.50. The molecule has 1 aliphatic heterocycles. The van der Waals surface area contributed by atoms with Gasteiger partial charge in [-0.3, -0.25) is 0 Å². The quantitative estimate of drug-likeness (QED) is 0.549. The van der Waals surface area contributed by atoms with Gasteiger partial charge >= 0.3 is 0 Å². The molecule has 0 amide bonds. The van der Waals surface area contributed by atoms with E-state index in [1.807, 2.05) is 65.5 Å². The lowest BCUT2D eigenvalue weighted by Gasteiger charge is -2.02. The van der Waals surface area contributed by atoms with Gasteiger partial charge in [-0.1, -0.05) is 23.4 Å². The molecule has 7 heteroatoms. The zero-order valence-electron chi connectivity index (χ0n) is 13.9. The summed E-state index contributed by atoms with van der Waals surface area (Å²) in [6, 6.07) is 15.8. The molecule has 0 spiro atoms. The molecule has 0 unspecified atom stereocenters. The Morgan fingerprint density at radius 2 is 1.88 bits per heavy atom. The van der Waals surface area contributed by atoms with Crippen molar-refractivity contribution >= 4 is 11.3 Å². The highest BCUT2D eigenvalue weighted by Gasteiger charge is 2.18. The Hall–Kier alpha value is -3.19. The molecule has 3 heterocycles. The molecule has 5 rings (SSSR count). The molecule has 0 saturated carbocycles. The lowest BCUT2D eigenvalue weighted by atomic mass is 10.1. The molecule has 128 valence electrons. The topological polar surface area (TPSA) is 62.1 Å². The van der Waals surface area contributed by atoms with Crippen molar-refractivity contribution in [2.75, 3.05) is 6.79 Å². The second-order valence-electron chi connectivity index (χ2n) is 5.88. The lowest BCUT2D eigenvalue weighted by Crippen LogP contribution is -1.98. The van der Waals surface area contributed by atoms with Crippen molar-refractivity contribution in [1.82, 2.24) is 20.0 Å². The first-order valence-corrected chi connectivity index (χ1v) is 9.01. The van der Waals surface area contributed by atoms with Crippen molar-refractivity contribution in [1.29, 1.82) is 0 Å². The molecule has 0 saturated heterocycles. The van der Waals surface area contributed by atoms with Crippen molar-refractivity contribution in [2.24, 2.45) is 0 Å². The summed E-state index contributed by atoms with van der Waals surface area (Å²) >= 11 is 1.55. The van der Waals surface area contributed by atoms with E-state index in [0.717, 1.165) is 44.8 Å². The first-order chi connectivity index (χ1) is 12.8. The fourth-order valence-corrected chi connectivity index (χ4v) is 3.78. The highest BCUT2D eigenvalue weighted by molar-refractivity contribution is 7.13. The summed E-state index contributed by atoms with van der Waals surface area (Å²) in [4.78, 5) is 4.75. The van der Waals surface area contributed by atoms with Crippen LogP contribution in [0.2, 0.25) is 0 Å². The van der Waals surface area contributed by atoms with Crippen LogP contribution in [0.5, 0.6) is 11.5 Å². The molecular weight excluding hydrogens is 348 g/mol. The van der Waals surface area contributed by atoms with Crippen LogP contribution in [0.1, 0.15) is 5.69 Å². The standard InChI is InChI=1S/C19H14N4O2S/c1-12-18(21-22-23(12)14-5-3-2-4-6-14)19-20-15(10-26-19)13-7-8-16-17(9-13)25-11-24-16/h2-10H,11H2,1H3. The van der Waals surface area contributed by atoms with Crippen LogP contribution >= 0.6 is 11.3 Å². The van der Waals surface area contributed by atoms with E-state index in [9.17, 15) is 0 Å². The maximum absolute atomic E-state index is 5.45. The number of hydrogen-bond donors (Lipinski definition) is 0. The second kappa shape index (κ2) is 5.96. The van der Waals surface area contributed by atoms with Crippen LogP contribution < -0.4 is 9.47 Å². The van der Waals surface area contributed by atoms with E-state index in [1.54, 1.807) is 11.3 Å². The molecular formula is C19H14N4O2S. The van der Waals surface area contributed by atoms with E-state index in [1.165, 1.54) is 0 Å². The van der Waals surface area contributed by atoms with Gasteiger partial charge in [0.1, 0.15) is 10.7 Å². The SMILES string of the molecule is Cc1c(-c2nc(-c3ccc4c(c3)OCO4)cs2)nnn1-c1ccccc1. The maximum atomic E-state index is 5.45. The lowest BCUT2D eigenvalue weighted by molar-refractivity contribution is 0.174. The smallest absolute Gasteiger partial charge is 0.231 e. The molecule has 1 aliphatic rings. The molecule has 4 aromatic rings. The van der Waals surface area contributed by atoms with E-state index >= 15 is 0 Å². The normalized spacial score (nSPS) is 12.5. The molecule has 26 heavy (non-hydrogen) atoms. The maximum Gasteiger partial charge on any atom is 0.231 e. The number of aromatic nitrogens is 4. The zero-order chi connectivity index (χ0) is 17.5. The van der Waals surface area contributed by atoms with Gasteiger partial charge in [-0.05, 0) is 37.3 Å². The highest BCUT2D eigenvalue weighted by Crippen LogP contribution is 2.37. The van der Waals surface area contributed by atoms with E-state index in [-0.39, 0.29) is 6.79 Å². The first-order valence-electron chi connectivity index (χ1n) is 8.13. The fraction of sp³-hybridized carbons (Fsp3) is 0.105. The first kappa shape index (κ1) is 15.1. The van der Waals surface area contributed by atoms with Crippen LogP contribution in [0, 0.1) is 6.92 Å². The summed E-state index contributed by atoms with van der Waals surface area (Å²) in [6.45, 7) is 2.27. The third-order valence-corrected chi connectivity index (χ3v) is 5.12. The summed E-state index contributed by atoms with van der Waals surface area (Å²) in [5.41, 5.74) is 4.62. The number of para-hydroxylation sites is 1. The van der Waals surface area contributed by atoms with E-state index in [0.29, 0.717) is 0 Å². The van der Waals surface area contributed by atoms with E-state index in [2.05, 4.69) is 10.3 Å². The number of thiazole rings is 1. The van der Waals surface area contributed by atoms with Gasteiger partial charge in [-0.25, -0.2) is 9.67 Å². The van der Waals surface area contributed by atoms with Crippen LogP contribution in [0.3, 0.4) is 0 Å². The Kier molecular flexibility index (Phi) is 3.46. The Bertz CT molecular complexity index is 1090. The van der Waals surface area contributed by atoms with Crippen LogP contribution in [0.25, 0.3) is 27.6 Å². The van der Waals surface area contributed by atoms with Gasteiger partial charge in [0, 0.05) is 10.9 Å². The summed E-state index contributed by atoms with van der Waals surface area (Å²) in [5.74, 6) is 1.52. The largest absolute Gasteiger partial charge is 0.454 e. The molecule has 6 nitrogen and oxygen atoms in total. The third kappa shape index (κ3) is 2.44. The minimum absolute atomic E-state index is 0.267. The Morgan fingerprint density at radius 3 is 2.77 bits per heavy atom. The Morgan fingerprint density at radius 1 is 1.04 bits per heavy atom. The van der Waals surface area contributed by atoms with Crippen molar-refractivity contribution < 1.29 is 9.47 Å². The predicted molar refractivity (Wildman–Crippen MR) is 98.8 cm³/mol. The van der Waals surface area contributed by atoms with Gasteiger partial charge in [-0.2, -0.15) is 0 Å². The average molecular weight is 362 g/mol.